The van der Waals surface area contributed by atoms with E-state index in [0.717, 1.165) is 24.3 Å². The van der Waals surface area contributed by atoms with Crippen LogP contribution in [0.3, 0.4) is 0 Å². The van der Waals surface area contributed by atoms with E-state index in [1.807, 2.05) is 18.2 Å². The molecule has 1 heteroatoms. The Balaban J connectivity index is 0.000000130. The SMILES string of the molecule is CC1(C2=CCc3ccccc32)Cc2ccccc2C1=O.CC1(C2CCc3ccccc32)Cc2ccccc2C1. The van der Waals surface area contributed by atoms with Gasteiger partial charge in [-0.05, 0) is 101 Å². The van der Waals surface area contributed by atoms with Crippen LogP contribution in [0.5, 0.6) is 0 Å². The minimum absolute atomic E-state index is 0.274. The van der Waals surface area contributed by atoms with Crippen molar-refractivity contribution in [2.24, 2.45) is 10.8 Å². The Morgan fingerprint density at radius 2 is 1.18 bits per heavy atom. The number of Topliss-reactive ketones (excluding diaryl/α,β-unsaturated/α-hetero) is 1. The lowest BCUT2D eigenvalue weighted by Gasteiger charge is -2.32. The van der Waals surface area contributed by atoms with Crippen LogP contribution in [0.2, 0.25) is 0 Å². The van der Waals surface area contributed by atoms with Crippen LogP contribution in [0.15, 0.2) is 103 Å². The predicted molar refractivity (Wildman–Crippen MR) is 160 cm³/mol. The van der Waals surface area contributed by atoms with E-state index in [9.17, 15) is 4.79 Å². The van der Waals surface area contributed by atoms with Crippen LogP contribution >= 0.6 is 0 Å². The van der Waals surface area contributed by atoms with Crippen LogP contribution in [0.25, 0.3) is 5.57 Å². The van der Waals surface area contributed by atoms with E-state index in [2.05, 4.69) is 98.8 Å². The average molecular weight is 509 g/mol. The van der Waals surface area contributed by atoms with E-state index >= 15 is 0 Å². The zero-order valence-corrected chi connectivity index (χ0v) is 23.0. The van der Waals surface area contributed by atoms with Gasteiger partial charge in [0.1, 0.15) is 0 Å². The highest BCUT2D eigenvalue weighted by Crippen LogP contribution is 2.52. The van der Waals surface area contributed by atoms with Crippen molar-refractivity contribution in [1.29, 1.82) is 0 Å². The molecule has 2 unspecified atom stereocenters. The minimum Gasteiger partial charge on any atom is -0.293 e. The summed E-state index contributed by atoms with van der Waals surface area (Å²) in [6, 6.07) is 34.6. The van der Waals surface area contributed by atoms with Gasteiger partial charge in [0, 0.05) is 5.56 Å². The van der Waals surface area contributed by atoms with Crippen molar-refractivity contribution in [3.63, 3.8) is 0 Å². The second-order valence-corrected chi connectivity index (χ2v) is 12.5. The van der Waals surface area contributed by atoms with E-state index in [4.69, 9.17) is 0 Å². The molecule has 194 valence electrons. The van der Waals surface area contributed by atoms with Crippen LogP contribution in [0.1, 0.15) is 75.5 Å². The molecule has 2 atom stereocenters. The largest absolute Gasteiger partial charge is 0.293 e. The Labute approximate surface area is 232 Å². The first-order chi connectivity index (χ1) is 19.0. The average Bonchev–Trinajstić information content (AvgIpc) is 3.72. The Hall–Kier alpha value is -3.71. The molecule has 0 bridgehead atoms. The van der Waals surface area contributed by atoms with Gasteiger partial charge in [-0.1, -0.05) is 110 Å². The standard InChI is InChI=1S/C19H16O.C19H20/c1-19(12-14-7-3-5-9-16(14)18(19)20)17-11-10-13-6-2-4-8-15(13)17;1-19(12-15-7-2-3-8-16(15)13-19)18-11-10-14-6-4-5-9-17(14)18/h2-9,11H,10,12H2,1H3;2-9,18H,10-13H2,1H3. The van der Waals surface area contributed by atoms with Gasteiger partial charge < -0.3 is 0 Å². The molecule has 0 heterocycles. The molecule has 4 aliphatic rings. The van der Waals surface area contributed by atoms with E-state index < -0.39 is 5.41 Å². The van der Waals surface area contributed by atoms with E-state index in [-0.39, 0.29) is 5.78 Å². The maximum absolute atomic E-state index is 12.9. The smallest absolute Gasteiger partial charge is 0.173 e. The molecule has 39 heavy (non-hydrogen) atoms. The first kappa shape index (κ1) is 24.3. The van der Waals surface area contributed by atoms with Crippen molar-refractivity contribution >= 4 is 11.4 Å². The molecule has 8 rings (SSSR count). The number of carbonyl (C=O) groups excluding carboxylic acids is 1. The van der Waals surface area contributed by atoms with Crippen LogP contribution in [0, 0.1) is 10.8 Å². The molecule has 0 amide bonds. The van der Waals surface area contributed by atoms with Gasteiger partial charge in [-0.25, -0.2) is 0 Å². The number of ketones is 1. The lowest BCUT2D eigenvalue weighted by atomic mass is 9.72. The highest BCUT2D eigenvalue weighted by molar-refractivity contribution is 6.12. The van der Waals surface area contributed by atoms with Gasteiger partial charge in [0.15, 0.2) is 5.78 Å². The topological polar surface area (TPSA) is 17.1 Å². The summed E-state index contributed by atoms with van der Waals surface area (Å²) in [5.74, 6) is 1.02. The normalized spacial score (nSPS) is 23.3. The zero-order chi connectivity index (χ0) is 26.6. The summed E-state index contributed by atoms with van der Waals surface area (Å²) in [4.78, 5) is 12.9. The monoisotopic (exact) mass is 508 g/mol. The number of allylic oxidation sites excluding steroid dienone is 2. The van der Waals surface area contributed by atoms with Crippen molar-refractivity contribution < 1.29 is 4.79 Å². The highest BCUT2D eigenvalue weighted by atomic mass is 16.1. The van der Waals surface area contributed by atoms with Gasteiger partial charge in [0.2, 0.25) is 0 Å². The molecule has 0 saturated heterocycles. The lowest BCUT2D eigenvalue weighted by molar-refractivity contribution is 0.0900. The van der Waals surface area contributed by atoms with Gasteiger partial charge in [-0.2, -0.15) is 0 Å². The van der Waals surface area contributed by atoms with Crippen LogP contribution in [-0.4, -0.2) is 5.78 Å². The maximum Gasteiger partial charge on any atom is 0.173 e. The molecular formula is C38H36O. The number of fused-ring (bicyclic) bond motifs is 4. The third kappa shape index (κ3) is 3.94. The van der Waals surface area contributed by atoms with Crippen LogP contribution in [0.4, 0.5) is 0 Å². The summed E-state index contributed by atoms with van der Waals surface area (Å²) in [6.45, 7) is 4.60. The summed E-state index contributed by atoms with van der Waals surface area (Å²) in [6.07, 6.45) is 9.13. The van der Waals surface area contributed by atoms with Crippen molar-refractivity contribution in [1.82, 2.24) is 0 Å². The summed E-state index contributed by atoms with van der Waals surface area (Å²) in [5.41, 5.74) is 12.3. The zero-order valence-electron chi connectivity index (χ0n) is 23.0. The number of hydrogen-bond donors (Lipinski definition) is 0. The number of rotatable bonds is 2. The Kier molecular flexibility index (Phi) is 5.74. The van der Waals surface area contributed by atoms with Crippen molar-refractivity contribution in [2.75, 3.05) is 0 Å². The number of benzene rings is 4. The Morgan fingerprint density at radius 3 is 1.87 bits per heavy atom. The predicted octanol–water partition coefficient (Wildman–Crippen LogP) is 8.59. The van der Waals surface area contributed by atoms with E-state index in [1.165, 1.54) is 47.9 Å². The third-order valence-electron chi connectivity index (χ3n) is 10.0. The molecule has 0 aliphatic heterocycles. The van der Waals surface area contributed by atoms with Crippen LogP contribution < -0.4 is 0 Å². The molecule has 4 aliphatic carbocycles. The van der Waals surface area contributed by atoms with Gasteiger partial charge in [-0.15, -0.1) is 0 Å². The molecule has 4 aromatic carbocycles. The van der Waals surface area contributed by atoms with Gasteiger partial charge in [0.05, 0.1) is 5.41 Å². The van der Waals surface area contributed by atoms with Gasteiger partial charge in [-0.3, -0.25) is 4.79 Å². The Bertz CT molecular complexity index is 1600. The Morgan fingerprint density at radius 1 is 0.615 bits per heavy atom. The molecule has 0 spiro atoms. The van der Waals surface area contributed by atoms with Crippen molar-refractivity contribution in [3.8, 4) is 0 Å². The number of hydrogen-bond acceptors (Lipinski definition) is 1. The quantitative estimate of drug-likeness (QED) is 0.265. The molecular weight excluding hydrogens is 472 g/mol. The van der Waals surface area contributed by atoms with E-state index in [1.54, 1.807) is 22.3 Å². The molecule has 0 fully saturated rings. The minimum atomic E-state index is -0.393. The molecule has 0 aromatic heterocycles. The number of aryl methyl sites for hydroxylation is 1. The highest BCUT2D eigenvalue weighted by Gasteiger charge is 2.46. The van der Waals surface area contributed by atoms with Crippen molar-refractivity contribution in [3.05, 3.63) is 148 Å². The number of carbonyl (C=O) groups is 1. The van der Waals surface area contributed by atoms with Crippen molar-refractivity contribution in [2.45, 2.75) is 58.3 Å². The molecule has 0 saturated carbocycles. The third-order valence-corrected chi connectivity index (χ3v) is 10.0. The summed E-state index contributed by atoms with van der Waals surface area (Å²) >= 11 is 0. The fraction of sp³-hybridized carbons (Fsp3) is 0.289. The van der Waals surface area contributed by atoms with E-state index in [0.29, 0.717) is 5.41 Å². The fourth-order valence-electron chi connectivity index (χ4n) is 8.04. The summed E-state index contributed by atoms with van der Waals surface area (Å²) < 4.78 is 0. The summed E-state index contributed by atoms with van der Waals surface area (Å²) in [5, 5.41) is 0. The first-order valence-electron chi connectivity index (χ1n) is 14.5. The molecule has 0 radical (unpaired) electrons. The molecule has 0 N–H and O–H groups in total. The fourth-order valence-corrected chi connectivity index (χ4v) is 8.04. The molecule has 4 aromatic rings. The van der Waals surface area contributed by atoms with Crippen LogP contribution in [-0.2, 0) is 32.1 Å². The van der Waals surface area contributed by atoms with Gasteiger partial charge >= 0.3 is 0 Å². The first-order valence-corrected chi connectivity index (χ1v) is 14.5. The lowest BCUT2D eigenvalue weighted by Crippen LogP contribution is -2.25. The second kappa shape index (κ2) is 9.19. The maximum atomic E-state index is 12.9. The summed E-state index contributed by atoms with van der Waals surface area (Å²) in [7, 11) is 0. The molecule has 1 nitrogen and oxygen atoms in total. The van der Waals surface area contributed by atoms with Gasteiger partial charge in [0.25, 0.3) is 0 Å². The second-order valence-electron chi connectivity index (χ2n) is 12.5.